The van der Waals surface area contributed by atoms with Gasteiger partial charge in [-0.3, -0.25) is 4.79 Å². The summed E-state index contributed by atoms with van der Waals surface area (Å²) in [5.41, 5.74) is 0. The van der Waals surface area contributed by atoms with Crippen LogP contribution in [0.25, 0.3) is 0 Å². The summed E-state index contributed by atoms with van der Waals surface area (Å²) in [4.78, 5) is 23.3. The van der Waals surface area contributed by atoms with Crippen LogP contribution in [-0.4, -0.2) is 81.3 Å². The van der Waals surface area contributed by atoms with Gasteiger partial charge < -0.3 is 29.6 Å². The standard InChI is InChI=1S/C21H42N2O6S/c1-17(2)16-29-20(25)23-8-10-27-12-14-28-13-11-26-9-7-22-19(24)15-21(5,6)30-18(3)4/h17-18H,7-16H2,1-6H3,(H,22,24)(H,23,25). The second-order valence-corrected chi connectivity index (χ2v) is 10.5. The van der Waals surface area contributed by atoms with E-state index in [0.717, 1.165) is 0 Å². The summed E-state index contributed by atoms with van der Waals surface area (Å²) in [5, 5.41) is 6.00. The maximum Gasteiger partial charge on any atom is 0.407 e. The molecule has 0 rings (SSSR count). The highest BCUT2D eigenvalue weighted by Gasteiger charge is 2.23. The van der Waals surface area contributed by atoms with Crippen LogP contribution in [0.4, 0.5) is 4.79 Å². The molecule has 30 heavy (non-hydrogen) atoms. The first kappa shape index (κ1) is 29.0. The largest absolute Gasteiger partial charge is 0.449 e. The molecular weight excluding hydrogens is 408 g/mol. The topological polar surface area (TPSA) is 95.1 Å². The number of ether oxygens (including phenoxy) is 4. The monoisotopic (exact) mass is 450 g/mol. The lowest BCUT2D eigenvalue weighted by atomic mass is 10.1. The van der Waals surface area contributed by atoms with Crippen molar-refractivity contribution in [3.63, 3.8) is 0 Å². The molecule has 2 amide bonds. The summed E-state index contributed by atoms with van der Waals surface area (Å²) < 4.78 is 21.1. The summed E-state index contributed by atoms with van der Waals surface area (Å²) in [6.45, 7) is 16.4. The van der Waals surface area contributed by atoms with Crippen molar-refractivity contribution in [2.45, 2.75) is 58.0 Å². The average molecular weight is 451 g/mol. The van der Waals surface area contributed by atoms with Crippen LogP contribution in [0, 0.1) is 5.92 Å². The van der Waals surface area contributed by atoms with Gasteiger partial charge >= 0.3 is 6.09 Å². The molecule has 0 aromatic carbocycles. The molecule has 0 radical (unpaired) electrons. The minimum Gasteiger partial charge on any atom is -0.449 e. The van der Waals surface area contributed by atoms with E-state index in [9.17, 15) is 9.59 Å². The Bertz CT molecular complexity index is 461. The van der Waals surface area contributed by atoms with Crippen molar-refractivity contribution in [2.75, 3.05) is 59.3 Å². The fraction of sp³-hybridized carbons (Fsp3) is 0.905. The molecule has 0 aliphatic rings. The van der Waals surface area contributed by atoms with E-state index < -0.39 is 6.09 Å². The third-order valence-corrected chi connectivity index (χ3v) is 4.77. The molecule has 0 atom stereocenters. The van der Waals surface area contributed by atoms with Crippen LogP contribution in [0.5, 0.6) is 0 Å². The summed E-state index contributed by atoms with van der Waals surface area (Å²) >= 11 is 1.81. The molecule has 0 heterocycles. The molecule has 0 bridgehead atoms. The van der Waals surface area contributed by atoms with Crippen molar-refractivity contribution in [1.82, 2.24) is 10.6 Å². The van der Waals surface area contributed by atoms with Gasteiger partial charge in [-0.2, -0.15) is 11.8 Å². The molecule has 178 valence electrons. The highest BCUT2D eigenvalue weighted by atomic mass is 32.2. The Hall–Kier alpha value is -1.03. The predicted molar refractivity (Wildman–Crippen MR) is 121 cm³/mol. The fourth-order valence-electron chi connectivity index (χ4n) is 2.45. The molecular formula is C21H42N2O6S. The zero-order valence-corrected chi connectivity index (χ0v) is 20.4. The normalized spacial score (nSPS) is 11.7. The van der Waals surface area contributed by atoms with E-state index in [-0.39, 0.29) is 10.7 Å². The van der Waals surface area contributed by atoms with Gasteiger partial charge in [0.15, 0.2) is 0 Å². The Balaban J connectivity index is 3.39. The predicted octanol–water partition coefficient (Wildman–Crippen LogP) is 2.84. The van der Waals surface area contributed by atoms with Crippen molar-refractivity contribution >= 4 is 23.8 Å². The molecule has 0 aliphatic heterocycles. The first-order valence-electron chi connectivity index (χ1n) is 10.7. The molecule has 0 fully saturated rings. The third kappa shape index (κ3) is 20.3. The third-order valence-electron chi connectivity index (χ3n) is 3.52. The number of amides is 2. The highest BCUT2D eigenvalue weighted by molar-refractivity contribution is 8.01. The fourth-order valence-corrected chi connectivity index (χ4v) is 3.94. The molecule has 8 nitrogen and oxygen atoms in total. The van der Waals surface area contributed by atoms with E-state index in [4.69, 9.17) is 18.9 Å². The van der Waals surface area contributed by atoms with Gasteiger partial charge in [0.25, 0.3) is 0 Å². The van der Waals surface area contributed by atoms with Gasteiger partial charge in [0.1, 0.15) is 0 Å². The summed E-state index contributed by atoms with van der Waals surface area (Å²) in [6, 6.07) is 0. The Kier molecular flexibility index (Phi) is 17.0. The van der Waals surface area contributed by atoms with Crippen LogP contribution in [0.1, 0.15) is 48.0 Å². The molecule has 9 heteroatoms. The molecule has 0 unspecified atom stereocenters. The number of hydrogen-bond donors (Lipinski definition) is 2. The molecule has 0 aromatic rings. The van der Waals surface area contributed by atoms with Crippen molar-refractivity contribution in [2.24, 2.45) is 5.92 Å². The van der Waals surface area contributed by atoms with E-state index in [1.807, 2.05) is 25.6 Å². The molecule has 0 aromatic heterocycles. The van der Waals surface area contributed by atoms with E-state index in [2.05, 4.69) is 38.3 Å². The van der Waals surface area contributed by atoms with Crippen molar-refractivity contribution in [3.05, 3.63) is 0 Å². The van der Waals surface area contributed by atoms with E-state index >= 15 is 0 Å². The minimum absolute atomic E-state index is 0.0489. The lowest BCUT2D eigenvalue weighted by Gasteiger charge is -2.25. The number of carbonyl (C=O) groups excluding carboxylic acids is 2. The number of rotatable bonds is 18. The maximum absolute atomic E-state index is 12.0. The van der Waals surface area contributed by atoms with E-state index in [1.165, 1.54) is 0 Å². The van der Waals surface area contributed by atoms with Gasteiger partial charge in [-0.1, -0.05) is 41.5 Å². The highest BCUT2D eigenvalue weighted by Crippen LogP contribution is 2.31. The van der Waals surface area contributed by atoms with E-state index in [0.29, 0.717) is 76.9 Å². The van der Waals surface area contributed by atoms with Crippen molar-refractivity contribution < 1.29 is 28.5 Å². The van der Waals surface area contributed by atoms with Crippen LogP contribution >= 0.6 is 11.8 Å². The number of hydrogen-bond acceptors (Lipinski definition) is 7. The second-order valence-electron chi connectivity index (χ2n) is 8.21. The van der Waals surface area contributed by atoms with Gasteiger partial charge in [0, 0.05) is 24.3 Å². The van der Waals surface area contributed by atoms with Crippen LogP contribution in [0.3, 0.4) is 0 Å². The Morgan fingerprint density at radius 2 is 1.33 bits per heavy atom. The SMILES string of the molecule is CC(C)COC(=O)NCCOCCOCCOCCNC(=O)CC(C)(C)SC(C)C. The van der Waals surface area contributed by atoms with E-state index in [1.54, 1.807) is 0 Å². The van der Waals surface area contributed by atoms with Gasteiger partial charge in [-0.25, -0.2) is 4.79 Å². The first-order chi connectivity index (χ1) is 14.1. The molecule has 0 saturated carbocycles. The lowest BCUT2D eigenvalue weighted by molar-refractivity contribution is -0.121. The summed E-state index contributed by atoms with van der Waals surface area (Å²) in [7, 11) is 0. The van der Waals surface area contributed by atoms with Crippen LogP contribution in [0.15, 0.2) is 0 Å². The summed E-state index contributed by atoms with van der Waals surface area (Å²) in [5.74, 6) is 0.367. The number of carbonyl (C=O) groups is 2. The summed E-state index contributed by atoms with van der Waals surface area (Å²) in [6.07, 6.45) is 0.0724. The minimum atomic E-state index is -0.421. The molecule has 0 spiro atoms. The number of thioether (sulfide) groups is 1. The van der Waals surface area contributed by atoms with Gasteiger partial charge in [0.2, 0.25) is 5.91 Å². The van der Waals surface area contributed by atoms with Crippen LogP contribution in [0.2, 0.25) is 0 Å². The number of nitrogens with one attached hydrogen (secondary N) is 2. The Labute approximate surface area is 186 Å². The van der Waals surface area contributed by atoms with Gasteiger partial charge in [-0.15, -0.1) is 0 Å². The first-order valence-corrected chi connectivity index (χ1v) is 11.6. The average Bonchev–Trinajstić information content (AvgIpc) is 2.62. The van der Waals surface area contributed by atoms with Crippen molar-refractivity contribution in [1.29, 1.82) is 0 Å². The molecule has 0 aliphatic carbocycles. The quantitative estimate of drug-likeness (QED) is 0.310. The second kappa shape index (κ2) is 17.6. The van der Waals surface area contributed by atoms with Gasteiger partial charge in [-0.05, 0) is 11.2 Å². The lowest BCUT2D eigenvalue weighted by Crippen LogP contribution is -2.33. The van der Waals surface area contributed by atoms with Crippen LogP contribution in [-0.2, 0) is 23.7 Å². The Morgan fingerprint density at radius 3 is 1.83 bits per heavy atom. The van der Waals surface area contributed by atoms with Crippen LogP contribution < -0.4 is 10.6 Å². The smallest absolute Gasteiger partial charge is 0.407 e. The van der Waals surface area contributed by atoms with Gasteiger partial charge in [0.05, 0.1) is 46.2 Å². The molecule has 0 saturated heterocycles. The van der Waals surface area contributed by atoms with Crippen molar-refractivity contribution in [3.8, 4) is 0 Å². The zero-order chi connectivity index (χ0) is 22.8. The number of alkyl carbamates (subject to hydrolysis) is 1. The Morgan fingerprint density at radius 1 is 0.833 bits per heavy atom. The molecule has 2 N–H and O–H groups in total. The maximum atomic E-state index is 12.0. The zero-order valence-electron chi connectivity index (χ0n) is 19.6.